The molecule has 0 unspecified atom stereocenters. The van der Waals surface area contributed by atoms with E-state index in [4.69, 9.17) is 0 Å². The van der Waals surface area contributed by atoms with Crippen molar-refractivity contribution in [2.45, 2.75) is 0 Å². The van der Waals surface area contributed by atoms with Gasteiger partial charge in [-0.2, -0.15) is 0 Å². The lowest BCUT2D eigenvalue weighted by atomic mass is 10.4. The molecule has 1 aliphatic rings. The van der Waals surface area contributed by atoms with Crippen molar-refractivity contribution < 1.29 is 14.4 Å². The van der Waals surface area contributed by atoms with E-state index >= 15 is 0 Å². The molecule has 2 N–H and O–H groups in total. The maximum Gasteiger partial charge on any atom is 0.325 e. The van der Waals surface area contributed by atoms with E-state index in [1.54, 1.807) is 0 Å². The van der Waals surface area contributed by atoms with E-state index in [2.05, 4.69) is 17.2 Å². The van der Waals surface area contributed by atoms with Crippen LogP contribution in [0.25, 0.3) is 0 Å². The second kappa shape index (κ2) is 4.40. The van der Waals surface area contributed by atoms with E-state index < -0.39 is 6.03 Å². The molecule has 0 aromatic carbocycles. The van der Waals surface area contributed by atoms with Gasteiger partial charge in [0.05, 0.1) is 6.54 Å². The van der Waals surface area contributed by atoms with E-state index in [1.807, 2.05) is 0 Å². The highest BCUT2D eigenvalue weighted by Crippen LogP contribution is 1.97. The maximum atomic E-state index is 11.1. The Morgan fingerprint density at radius 3 is 2.86 bits per heavy atom. The van der Waals surface area contributed by atoms with Crippen molar-refractivity contribution in [2.24, 2.45) is 0 Å². The van der Waals surface area contributed by atoms with Crippen LogP contribution in [0, 0.1) is 0 Å². The van der Waals surface area contributed by atoms with Gasteiger partial charge in [0.2, 0.25) is 5.91 Å². The summed E-state index contributed by atoms with van der Waals surface area (Å²) in [5.74, 6) is -0.765. The number of rotatable bonds is 4. The Bertz CT molecular complexity index is 272. The molecule has 76 valence electrons. The fourth-order valence-corrected chi connectivity index (χ4v) is 1.00. The Labute approximate surface area is 80.9 Å². The highest BCUT2D eigenvalue weighted by Gasteiger charge is 2.29. The normalized spacial score (nSPS) is 15.3. The minimum absolute atomic E-state index is 0.0342. The van der Waals surface area contributed by atoms with Gasteiger partial charge in [-0.1, -0.05) is 6.08 Å². The lowest BCUT2D eigenvalue weighted by Gasteiger charge is -2.10. The zero-order chi connectivity index (χ0) is 10.6. The Morgan fingerprint density at radius 2 is 2.36 bits per heavy atom. The first-order chi connectivity index (χ1) is 6.65. The van der Waals surface area contributed by atoms with Crippen LogP contribution in [0.3, 0.4) is 0 Å². The van der Waals surface area contributed by atoms with Crippen molar-refractivity contribution >= 4 is 17.8 Å². The molecule has 0 radical (unpaired) electrons. The van der Waals surface area contributed by atoms with E-state index in [-0.39, 0.29) is 24.9 Å². The van der Waals surface area contributed by atoms with Crippen LogP contribution in [-0.4, -0.2) is 42.4 Å². The Morgan fingerprint density at radius 1 is 1.64 bits per heavy atom. The standard InChI is InChI=1S/C8H11N3O3/c1-2-3-9-6(12)5-11-7(13)4-10-8(11)14/h2H,1,3-5H2,(H,9,12)(H,10,14). The summed E-state index contributed by atoms with van der Waals surface area (Å²) in [4.78, 5) is 34.0. The van der Waals surface area contributed by atoms with Gasteiger partial charge in [-0.05, 0) is 0 Å². The minimum atomic E-state index is -0.524. The molecule has 0 aromatic rings. The quantitative estimate of drug-likeness (QED) is 0.441. The molecule has 0 bridgehead atoms. The number of carbonyl (C=O) groups is 3. The van der Waals surface area contributed by atoms with Crippen molar-refractivity contribution in [1.82, 2.24) is 15.5 Å². The van der Waals surface area contributed by atoms with Crippen molar-refractivity contribution in [1.29, 1.82) is 0 Å². The van der Waals surface area contributed by atoms with Crippen LogP contribution in [0.2, 0.25) is 0 Å². The van der Waals surface area contributed by atoms with E-state index in [0.29, 0.717) is 6.54 Å². The third-order valence-corrected chi connectivity index (χ3v) is 1.68. The average Bonchev–Trinajstić information content (AvgIpc) is 2.46. The molecule has 1 rings (SSSR count). The van der Waals surface area contributed by atoms with Gasteiger partial charge < -0.3 is 10.6 Å². The number of nitrogens with zero attached hydrogens (tertiary/aromatic N) is 1. The molecule has 1 saturated heterocycles. The summed E-state index contributed by atoms with van der Waals surface area (Å²) in [6, 6.07) is -0.524. The van der Waals surface area contributed by atoms with Gasteiger partial charge in [0, 0.05) is 6.54 Å². The summed E-state index contributed by atoms with van der Waals surface area (Å²) in [6.45, 7) is 3.47. The number of nitrogens with one attached hydrogen (secondary N) is 2. The Hall–Kier alpha value is -1.85. The number of imide groups is 1. The third-order valence-electron chi connectivity index (χ3n) is 1.68. The Balaban J connectivity index is 2.42. The van der Waals surface area contributed by atoms with Gasteiger partial charge >= 0.3 is 6.03 Å². The summed E-state index contributed by atoms with van der Waals surface area (Å²) in [5.41, 5.74) is 0. The topological polar surface area (TPSA) is 78.5 Å². The van der Waals surface area contributed by atoms with Crippen LogP contribution in [0.5, 0.6) is 0 Å². The first-order valence-corrected chi connectivity index (χ1v) is 4.11. The van der Waals surface area contributed by atoms with Gasteiger partial charge in [0.1, 0.15) is 6.54 Å². The van der Waals surface area contributed by atoms with Crippen LogP contribution in [0.1, 0.15) is 0 Å². The smallest absolute Gasteiger partial charge is 0.325 e. The molecular weight excluding hydrogens is 186 g/mol. The molecular formula is C8H11N3O3. The fraction of sp³-hybridized carbons (Fsp3) is 0.375. The monoisotopic (exact) mass is 197 g/mol. The molecule has 1 heterocycles. The van der Waals surface area contributed by atoms with Crippen molar-refractivity contribution in [3.63, 3.8) is 0 Å². The fourth-order valence-electron chi connectivity index (χ4n) is 1.00. The number of amides is 4. The number of hydrogen-bond donors (Lipinski definition) is 2. The first-order valence-electron chi connectivity index (χ1n) is 4.11. The second-order valence-electron chi connectivity index (χ2n) is 2.73. The van der Waals surface area contributed by atoms with Crippen molar-refractivity contribution in [3.05, 3.63) is 12.7 Å². The van der Waals surface area contributed by atoms with Gasteiger partial charge in [-0.3, -0.25) is 14.5 Å². The van der Waals surface area contributed by atoms with Crippen LogP contribution in [0.4, 0.5) is 4.79 Å². The van der Waals surface area contributed by atoms with E-state index in [0.717, 1.165) is 4.90 Å². The second-order valence-corrected chi connectivity index (χ2v) is 2.73. The zero-order valence-corrected chi connectivity index (χ0v) is 7.58. The molecule has 0 atom stereocenters. The molecule has 0 saturated carbocycles. The predicted molar refractivity (Wildman–Crippen MR) is 48.3 cm³/mol. The minimum Gasteiger partial charge on any atom is -0.351 e. The molecule has 1 aliphatic heterocycles. The summed E-state index contributed by atoms with van der Waals surface area (Å²) in [5, 5.41) is 4.79. The average molecular weight is 197 g/mol. The summed E-state index contributed by atoms with van der Waals surface area (Å²) in [7, 11) is 0. The van der Waals surface area contributed by atoms with Gasteiger partial charge in [0.15, 0.2) is 0 Å². The van der Waals surface area contributed by atoms with Crippen LogP contribution < -0.4 is 10.6 Å². The van der Waals surface area contributed by atoms with Crippen LogP contribution in [0.15, 0.2) is 12.7 Å². The van der Waals surface area contributed by atoms with Crippen molar-refractivity contribution in [3.8, 4) is 0 Å². The number of hydrogen-bond acceptors (Lipinski definition) is 3. The summed E-state index contributed by atoms with van der Waals surface area (Å²) < 4.78 is 0. The summed E-state index contributed by atoms with van der Waals surface area (Å²) >= 11 is 0. The van der Waals surface area contributed by atoms with Crippen molar-refractivity contribution in [2.75, 3.05) is 19.6 Å². The molecule has 0 spiro atoms. The third kappa shape index (κ3) is 2.32. The number of urea groups is 1. The largest absolute Gasteiger partial charge is 0.351 e. The highest BCUT2D eigenvalue weighted by atomic mass is 16.2. The molecule has 6 heteroatoms. The SMILES string of the molecule is C=CCNC(=O)CN1C(=O)CNC1=O. The molecule has 6 nitrogen and oxygen atoms in total. The van der Waals surface area contributed by atoms with Gasteiger partial charge in [-0.15, -0.1) is 6.58 Å². The molecule has 1 fully saturated rings. The summed E-state index contributed by atoms with van der Waals surface area (Å²) in [6.07, 6.45) is 1.52. The zero-order valence-electron chi connectivity index (χ0n) is 7.58. The first kappa shape index (κ1) is 10.2. The molecule has 4 amide bonds. The predicted octanol–water partition coefficient (Wildman–Crippen LogP) is -1.16. The van der Waals surface area contributed by atoms with E-state index in [1.165, 1.54) is 6.08 Å². The van der Waals surface area contributed by atoms with Gasteiger partial charge in [0.25, 0.3) is 5.91 Å². The maximum absolute atomic E-state index is 11.1. The molecule has 0 aromatic heterocycles. The molecule has 0 aliphatic carbocycles. The molecule has 14 heavy (non-hydrogen) atoms. The highest BCUT2D eigenvalue weighted by molar-refractivity contribution is 6.04. The van der Waals surface area contributed by atoms with Gasteiger partial charge in [-0.25, -0.2) is 4.79 Å². The lowest BCUT2D eigenvalue weighted by molar-refractivity contribution is -0.130. The lowest BCUT2D eigenvalue weighted by Crippen LogP contribution is -2.40. The van der Waals surface area contributed by atoms with Crippen LogP contribution >= 0.6 is 0 Å². The number of carbonyl (C=O) groups excluding carboxylic acids is 3. The van der Waals surface area contributed by atoms with Crippen LogP contribution in [-0.2, 0) is 9.59 Å². The van der Waals surface area contributed by atoms with E-state index in [9.17, 15) is 14.4 Å². The Kier molecular flexibility index (Phi) is 3.22.